The van der Waals surface area contributed by atoms with Crippen LogP contribution in [0, 0.1) is 0 Å². The minimum Gasteiger partial charge on any atom is -0.496 e. The molecule has 2 atom stereocenters. The molecule has 3 heteroatoms. The van der Waals surface area contributed by atoms with Gasteiger partial charge in [0.15, 0.2) is 0 Å². The smallest absolute Gasteiger partial charge is 0.132 e. The number of ether oxygens (including phenoxy) is 1. The van der Waals surface area contributed by atoms with Crippen molar-refractivity contribution < 1.29 is 9.84 Å². The second-order valence-corrected chi connectivity index (χ2v) is 5.44. The molecule has 0 saturated heterocycles. The molecule has 1 fully saturated rings. The third-order valence-corrected chi connectivity index (χ3v) is 4.46. The van der Waals surface area contributed by atoms with Gasteiger partial charge in [-0.25, -0.2) is 0 Å². The first-order chi connectivity index (χ1) is 7.81. The SMILES string of the molecule is COc1ccccc1SC1CCCCC1O. The van der Waals surface area contributed by atoms with Crippen molar-refractivity contribution in [3.8, 4) is 5.75 Å². The van der Waals surface area contributed by atoms with Crippen LogP contribution in [0.15, 0.2) is 29.2 Å². The van der Waals surface area contributed by atoms with Gasteiger partial charge in [-0.3, -0.25) is 0 Å². The lowest BCUT2D eigenvalue weighted by molar-refractivity contribution is 0.137. The molecule has 0 spiro atoms. The van der Waals surface area contributed by atoms with Crippen LogP contribution in [0.5, 0.6) is 5.75 Å². The molecule has 16 heavy (non-hydrogen) atoms. The number of hydrogen-bond donors (Lipinski definition) is 1. The third-order valence-electron chi connectivity index (χ3n) is 3.02. The summed E-state index contributed by atoms with van der Waals surface area (Å²) >= 11 is 1.75. The first-order valence-corrected chi connectivity index (χ1v) is 6.67. The molecule has 1 N–H and O–H groups in total. The van der Waals surface area contributed by atoms with Crippen LogP contribution in [0.4, 0.5) is 0 Å². The Morgan fingerprint density at radius 1 is 1.25 bits per heavy atom. The van der Waals surface area contributed by atoms with E-state index in [2.05, 4.69) is 6.07 Å². The number of rotatable bonds is 3. The van der Waals surface area contributed by atoms with Gasteiger partial charge in [0.1, 0.15) is 5.75 Å². The summed E-state index contributed by atoms with van der Waals surface area (Å²) < 4.78 is 5.32. The summed E-state index contributed by atoms with van der Waals surface area (Å²) in [5, 5.41) is 10.3. The molecular formula is C13H18O2S. The highest BCUT2D eigenvalue weighted by molar-refractivity contribution is 8.00. The highest BCUT2D eigenvalue weighted by Crippen LogP contribution is 2.38. The number of hydrogen-bond acceptors (Lipinski definition) is 3. The van der Waals surface area contributed by atoms with Crippen molar-refractivity contribution in [3.05, 3.63) is 24.3 Å². The lowest BCUT2D eigenvalue weighted by Crippen LogP contribution is -2.26. The van der Waals surface area contributed by atoms with Crippen LogP contribution in [0.1, 0.15) is 25.7 Å². The fraction of sp³-hybridized carbons (Fsp3) is 0.538. The van der Waals surface area contributed by atoms with Crippen molar-refractivity contribution in [2.45, 2.75) is 41.9 Å². The molecule has 1 aliphatic rings. The van der Waals surface area contributed by atoms with E-state index in [1.807, 2.05) is 18.2 Å². The van der Waals surface area contributed by atoms with Gasteiger partial charge in [-0.05, 0) is 25.0 Å². The summed E-state index contributed by atoms with van der Waals surface area (Å²) in [6, 6.07) is 8.02. The third kappa shape index (κ3) is 2.71. The maximum atomic E-state index is 9.93. The van der Waals surface area contributed by atoms with Gasteiger partial charge in [0, 0.05) is 10.1 Å². The molecule has 0 heterocycles. The molecule has 88 valence electrons. The second kappa shape index (κ2) is 5.60. The number of para-hydroxylation sites is 1. The monoisotopic (exact) mass is 238 g/mol. The average molecular weight is 238 g/mol. The minimum atomic E-state index is -0.163. The molecular weight excluding hydrogens is 220 g/mol. The van der Waals surface area contributed by atoms with Crippen LogP contribution in [0.3, 0.4) is 0 Å². The lowest BCUT2D eigenvalue weighted by atomic mass is 9.97. The van der Waals surface area contributed by atoms with Crippen LogP contribution in [0.2, 0.25) is 0 Å². The van der Waals surface area contributed by atoms with Crippen LogP contribution in [-0.4, -0.2) is 23.6 Å². The summed E-state index contributed by atoms with van der Waals surface area (Å²) in [5.41, 5.74) is 0. The Morgan fingerprint density at radius 3 is 2.75 bits per heavy atom. The van der Waals surface area contributed by atoms with Gasteiger partial charge in [0.2, 0.25) is 0 Å². The summed E-state index contributed by atoms with van der Waals surface area (Å²) in [5.74, 6) is 0.908. The van der Waals surface area contributed by atoms with E-state index < -0.39 is 0 Å². The molecule has 0 aromatic heterocycles. The van der Waals surface area contributed by atoms with Gasteiger partial charge in [0.05, 0.1) is 13.2 Å². The van der Waals surface area contributed by atoms with Gasteiger partial charge < -0.3 is 9.84 Å². The van der Waals surface area contributed by atoms with E-state index in [1.54, 1.807) is 18.9 Å². The normalized spacial score (nSPS) is 25.4. The van der Waals surface area contributed by atoms with Crippen molar-refractivity contribution in [1.29, 1.82) is 0 Å². The topological polar surface area (TPSA) is 29.5 Å². The number of methoxy groups -OCH3 is 1. The fourth-order valence-electron chi connectivity index (χ4n) is 2.09. The molecule has 1 saturated carbocycles. The van der Waals surface area contributed by atoms with Crippen LogP contribution in [-0.2, 0) is 0 Å². The van der Waals surface area contributed by atoms with Crippen molar-refractivity contribution >= 4 is 11.8 Å². The maximum absolute atomic E-state index is 9.93. The van der Waals surface area contributed by atoms with Gasteiger partial charge >= 0.3 is 0 Å². The summed E-state index contributed by atoms with van der Waals surface area (Å²) in [7, 11) is 1.69. The predicted octanol–water partition coefficient (Wildman–Crippen LogP) is 3.09. The zero-order valence-corrected chi connectivity index (χ0v) is 10.4. The van der Waals surface area contributed by atoms with Gasteiger partial charge in [-0.15, -0.1) is 11.8 Å². The number of thioether (sulfide) groups is 1. The van der Waals surface area contributed by atoms with Crippen molar-refractivity contribution in [1.82, 2.24) is 0 Å². The Bertz CT molecular complexity index is 340. The largest absolute Gasteiger partial charge is 0.496 e. The van der Waals surface area contributed by atoms with Crippen molar-refractivity contribution in [3.63, 3.8) is 0 Å². The lowest BCUT2D eigenvalue weighted by Gasteiger charge is -2.27. The quantitative estimate of drug-likeness (QED) is 0.877. The zero-order valence-electron chi connectivity index (χ0n) is 9.56. The second-order valence-electron chi connectivity index (χ2n) is 4.16. The average Bonchev–Trinajstić information content (AvgIpc) is 2.33. The molecule has 1 aliphatic carbocycles. The molecule has 1 aromatic rings. The van der Waals surface area contributed by atoms with E-state index in [0.717, 1.165) is 29.9 Å². The highest BCUT2D eigenvalue weighted by Gasteiger charge is 2.24. The van der Waals surface area contributed by atoms with E-state index in [1.165, 1.54) is 6.42 Å². The van der Waals surface area contributed by atoms with E-state index in [9.17, 15) is 5.11 Å². The minimum absolute atomic E-state index is 0.163. The van der Waals surface area contributed by atoms with E-state index in [4.69, 9.17) is 4.74 Å². The van der Waals surface area contributed by atoms with E-state index in [0.29, 0.717) is 5.25 Å². The van der Waals surface area contributed by atoms with Gasteiger partial charge in [0.25, 0.3) is 0 Å². The molecule has 2 unspecified atom stereocenters. The summed E-state index contributed by atoms with van der Waals surface area (Å²) in [4.78, 5) is 1.14. The number of aliphatic hydroxyl groups is 1. The molecule has 0 aliphatic heterocycles. The molecule has 0 amide bonds. The predicted molar refractivity (Wildman–Crippen MR) is 67.1 cm³/mol. The molecule has 1 aromatic carbocycles. The van der Waals surface area contributed by atoms with Crippen molar-refractivity contribution in [2.75, 3.05) is 7.11 Å². The Labute approximate surface area is 101 Å². The first-order valence-electron chi connectivity index (χ1n) is 5.79. The van der Waals surface area contributed by atoms with Crippen LogP contribution in [0.25, 0.3) is 0 Å². The van der Waals surface area contributed by atoms with Crippen LogP contribution >= 0.6 is 11.8 Å². The van der Waals surface area contributed by atoms with Crippen molar-refractivity contribution in [2.24, 2.45) is 0 Å². The molecule has 2 nitrogen and oxygen atoms in total. The molecule has 0 radical (unpaired) electrons. The number of aliphatic hydroxyl groups excluding tert-OH is 1. The molecule has 2 rings (SSSR count). The Balaban J connectivity index is 2.07. The van der Waals surface area contributed by atoms with E-state index >= 15 is 0 Å². The summed E-state index contributed by atoms with van der Waals surface area (Å²) in [6.07, 6.45) is 4.26. The van der Waals surface area contributed by atoms with E-state index in [-0.39, 0.29) is 6.10 Å². The number of benzene rings is 1. The summed E-state index contributed by atoms with van der Waals surface area (Å²) in [6.45, 7) is 0. The zero-order chi connectivity index (χ0) is 11.4. The maximum Gasteiger partial charge on any atom is 0.132 e. The Morgan fingerprint density at radius 2 is 2.00 bits per heavy atom. The first kappa shape index (κ1) is 11.8. The standard InChI is InChI=1S/C13H18O2S/c1-15-11-7-3-5-9-13(11)16-12-8-4-2-6-10(12)14/h3,5,7,9-10,12,14H,2,4,6,8H2,1H3. The Kier molecular flexibility index (Phi) is 4.13. The Hall–Kier alpha value is -0.670. The van der Waals surface area contributed by atoms with Gasteiger partial charge in [-0.1, -0.05) is 25.0 Å². The fourth-order valence-corrected chi connectivity index (χ4v) is 3.42. The molecule has 0 bridgehead atoms. The van der Waals surface area contributed by atoms with Crippen LogP contribution < -0.4 is 4.74 Å². The highest BCUT2D eigenvalue weighted by atomic mass is 32.2. The van der Waals surface area contributed by atoms with Gasteiger partial charge in [-0.2, -0.15) is 0 Å².